The van der Waals surface area contributed by atoms with E-state index in [0.717, 1.165) is 32.7 Å². The van der Waals surface area contributed by atoms with Gasteiger partial charge in [0.05, 0.1) is 19.2 Å². The molecule has 0 unspecified atom stereocenters. The van der Waals surface area contributed by atoms with Gasteiger partial charge in [-0.2, -0.15) is 0 Å². The van der Waals surface area contributed by atoms with E-state index in [1.165, 1.54) is 22.7 Å². The fourth-order valence-electron chi connectivity index (χ4n) is 2.53. The molecule has 0 radical (unpaired) electrons. The number of rotatable bonds is 5. The number of aryl methyl sites for hydroxylation is 1. The lowest BCUT2D eigenvalue weighted by molar-refractivity contribution is -0.115. The Kier molecular flexibility index (Phi) is 4.39. The van der Waals surface area contributed by atoms with Crippen LogP contribution in [0.5, 0.6) is 5.75 Å². The Morgan fingerprint density at radius 1 is 1.27 bits per heavy atom. The number of hydrogen-bond acceptors (Lipinski definition) is 7. The number of hydrogen-bond donors (Lipinski definition) is 1. The van der Waals surface area contributed by atoms with E-state index in [0.29, 0.717) is 5.13 Å². The summed E-state index contributed by atoms with van der Waals surface area (Å²) in [6.07, 6.45) is 2.20. The number of carbonyl (C=O) groups excluding carboxylic acids is 1. The van der Waals surface area contributed by atoms with Crippen LogP contribution in [-0.4, -0.2) is 32.6 Å². The van der Waals surface area contributed by atoms with Crippen molar-refractivity contribution in [3.8, 4) is 17.0 Å². The highest BCUT2D eigenvalue weighted by Crippen LogP contribution is 2.25. The summed E-state index contributed by atoms with van der Waals surface area (Å²) in [5.74, 6) is 0.680. The number of nitrogens with one attached hydrogen (secondary N) is 1. The number of carbonyl (C=O) groups is 1. The zero-order chi connectivity index (χ0) is 18.1. The van der Waals surface area contributed by atoms with Crippen molar-refractivity contribution in [3.63, 3.8) is 0 Å². The van der Waals surface area contributed by atoms with Gasteiger partial charge in [0.25, 0.3) is 0 Å². The fourth-order valence-corrected chi connectivity index (χ4v) is 4.01. The predicted octanol–water partition coefficient (Wildman–Crippen LogP) is 3.41. The molecule has 1 N–H and O–H groups in total. The van der Waals surface area contributed by atoms with Crippen LogP contribution in [0.15, 0.2) is 35.8 Å². The van der Waals surface area contributed by atoms with Crippen LogP contribution in [0.1, 0.15) is 10.7 Å². The zero-order valence-electron chi connectivity index (χ0n) is 14.1. The maximum Gasteiger partial charge on any atom is 0.232 e. The average molecular weight is 385 g/mol. The molecule has 0 saturated carbocycles. The highest BCUT2D eigenvalue weighted by molar-refractivity contribution is 7.15. The number of amides is 1. The highest BCUT2D eigenvalue weighted by Gasteiger charge is 2.14. The second-order valence-electron chi connectivity index (χ2n) is 5.59. The number of methoxy groups -OCH3 is 1. The second-order valence-corrected chi connectivity index (χ2v) is 7.60. The third kappa shape index (κ3) is 3.31. The molecule has 7 nitrogen and oxygen atoms in total. The Bertz CT molecular complexity index is 1060. The lowest BCUT2D eigenvalue weighted by Gasteiger charge is -2.01. The van der Waals surface area contributed by atoms with Gasteiger partial charge >= 0.3 is 0 Å². The summed E-state index contributed by atoms with van der Waals surface area (Å²) in [6, 6.07) is 7.74. The fraction of sp³-hybridized carbons (Fsp3) is 0.176. The van der Waals surface area contributed by atoms with Crippen LogP contribution in [0.3, 0.4) is 0 Å². The molecule has 1 aromatic carbocycles. The summed E-state index contributed by atoms with van der Waals surface area (Å²) in [5.41, 5.74) is 2.75. The Morgan fingerprint density at radius 3 is 2.77 bits per heavy atom. The maximum atomic E-state index is 12.3. The molecular weight excluding hydrogens is 370 g/mol. The van der Waals surface area contributed by atoms with Crippen LogP contribution >= 0.6 is 22.7 Å². The first-order valence-corrected chi connectivity index (χ1v) is 9.52. The molecule has 0 fully saturated rings. The molecule has 0 saturated heterocycles. The molecular formula is C17H15N5O2S2. The first-order valence-electron chi connectivity index (χ1n) is 7.82. The molecule has 1 amide bonds. The van der Waals surface area contributed by atoms with Crippen molar-refractivity contribution in [2.75, 3.05) is 12.4 Å². The van der Waals surface area contributed by atoms with E-state index < -0.39 is 0 Å². The first-order chi connectivity index (χ1) is 12.6. The summed E-state index contributed by atoms with van der Waals surface area (Å²) in [5, 5.41) is 13.9. The van der Waals surface area contributed by atoms with E-state index in [-0.39, 0.29) is 12.3 Å². The standard InChI is InChI=1S/C17H15N5O2S2/c1-10-20-21-16(26-10)19-15(23)7-12-9-25-17-18-14(8-22(12)17)11-3-5-13(24-2)6-4-11/h3-6,8-9H,7H2,1-2H3,(H,19,21,23). The monoisotopic (exact) mass is 385 g/mol. The van der Waals surface area contributed by atoms with Crippen LogP contribution in [0, 0.1) is 6.92 Å². The molecule has 0 atom stereocenters. The topological polar surface area (TPSA) is 81.4 Å². The minimum atomic E-state index is -0.124. The van der Waals surface area contributed by atoms with Crippen molar-refractivity contribution in [2.45, 2.75) is 13.3 Å². The number of nitrogens with zero attached hydrogens (tertiary/aromatic N) is 4. The molecule has 9 heteroatoms. The predicted molar refractivity (Wildman–Crippen MR) is 102 cm³/mol. The Balaban J connectivity index is 1.54. The van der Waals surface area contributed by atoms with Gasteiger partial charge in [0.1, 0.15) is 10.8 Å². The highest BCUT2D eigenvalue weighted by atomic mass is 32.1. The molecule has 0 aliphatic rings. The summed E-state index contributed by atoms with van der Waals surface area (Å²) >= 11 is 2.87. The van der Waals surface area contributed by atoms with Crippen molar-refractivity contribution in [3.05, 3.63) is 46.5 Å². The van der Waals surface area contributed by atoms with Crippen LogP contribution in [0.25, 0.3) is 16.2 Å². The van der Waals surface area contributed by atoms with Crippen molar-refractivity contribution in [1.29, 1.82) is 0 Å². The zero-order valence-corrected chi connectivity index (χ0v) is 15.7. The van der Waals surface area contributed by atoms with Gasteiger partial charge in [0, 0.05) is 22.8 Å². The molecule has 26 heavy (non-hydrogen) atoms. The SMILES string of the molecule is COc1ccc(-c2cn3c(CC(=O)Nc4nnc(C)s4)csc3n2)cc1. The van der Waals surface area contributed by atoms with Crippen LogP contribution in [0.2, 0.25) is 0 Å². The number of anilines is 1. The van der Waals surface area contributed by atoms with Gasteiger partial charge in [-0.3, -0.25) is 9.20 Å². The van der Waals surface area contributed by atoms with Crippen molar-refractivity contribution in [1.82, 2.24) is 19.6 Å². The number of benzene rings is 1. The number of fused-ring (bicyclic) bond motifs is 1. The van der Waals surface area contributed by atoms with Crippen LogP contribution < -0.4 is 10.1 Å². The quantitative estimate of drug-likeness (QED) is 0.569. The molecule has 0 spiro atoms. The van der Waals surface area contributed by atoms with E-state index in [1.54, 1.807) is 7.11 Å². The largest absolute Gasteiger partial charge is 0.497 e. The molecule has 3 heterocycles. The summed E-state index contributed by atoms with van der Waals surface area (Å²) in [7, 11) is 1.64. The minimum Gasteiger partial charge on any atom is -0.497 e. The van der Waals surface area contributed by atoms with Crippen molar-refractivity contribution >= 4 is 38.7 Å². The van der Waals surface area contributed by atoms with Crippen molar-refractivity contribution in [2.24, 2.45) is 0 Å². The van der Waals surface area contributed by atoms with Gasteiger partial charge in [-0.15, -0.1) is 21.5 Å². The van der Waals surface area contributed by atoms with Gasteiger partial charge in [-0.25, -0.2) is 4.98 Å². The van der Waals surface area contributed by atoms with Crippen LogP contribution in [-0.2, 0) is 11.2 Å². The van der Waals surface area contributed by atoms with Gasteiger partial charge in [-0.05, 0) is 31.2 Å². The number of ether oxygens (including phenoxy) is 1. The average Bonchev–Trinajstić information content (AvgIpc) is 3.33. The van der Waals surface area contributed by atoms with Gasteiger partial charge < -0.3 is 10.1 Å². The van der Waals surface area contributed by atoms with Gasteiger partial charge in [-0.1, -0.05) is 11.3 Å². The van der Waals surface area contributed by atoms with E-state index in [4.69, 9.17) is 4.74 Å². The summed E-state index contributed by atoms with van der Waals surface area (Å²) < 4.78 is 7.14. The van der Waals surface area contributed by atoms with Crippen LogP contribution in [0.4, 0.5) is 5.13 Å². The summed E-state index contributed by atoms with van der Waals surface area (Å²) in [4.78, 5) is 17.8. The first kappa shape index (κ1) is 16.7. The van der Waals surface area contributed by atoms with Gasteiger partial charge in [0.15, 0.2) is 4.96 Å². The van der Waals surface area contributed by atoms with E-state index in [9.17, 15) is 4.79 Å². The number of imidazole rings is 1. The number of thiazole rings is 1. The van der Waals surface area contributed by atoms with Gasteiger partial charge in [0.2, 0.25) is 11.0 Å². The van der Waals surface area contributed by atoms with E-state index in [2.05, 4.69) is 20.5 Å². The summed E-state index contributed by atoms with van der Waals surface area (Å²) in [6.45, 7) is 1.85. The Hall–Kier alpha value is -2.78. The van der Waals surface area contributed by atoms with E-state index in [1.807, 2.05) is 47.2 Å². The lowest BCUT2D eigenvalue weighted by Crippen LogP contribution is -2.15. The molecule has 4 rings (SSSR count). The van der Waals surface area contributed by atoms with Crippen molar-refractivity contribution < 1.29 is 9.53 Å². The molecule has 4 aromatic rings. The normalized spacial score (nSPS) is 11.0. The molecule has 132 valence electrons. The molecule has 0 bridgehead atoms. The Morgan fingerprint density at radius 2 is 2.08 bits per heavy atom. The Labute approximate surface area is 157 Å². The number of aromatic nitrogens is 4. The smallest absolute Gasteiger partial charge is 0.232 e. The lowest BCUT2D eigenvalue weighted by atomic mass is 10.2. The molecule has 0 aliphatic heterocycles. The van der Waals surface area contributed by atoms with E-state index >= 15 is 0 Å². The molecule has 3 aromatic heterocycles. The third-order valence-corrected chi connectivity index (χ3v) is 5.43. The third-order valence-electron chi connectivity index (χ3n) is 3.78. The second kappa shape index (κ2) is 6.85. The minimum absolute atomic E-state index is 0.124. The maximum absolute atomic E-state index is 12.3. The molecule has 0 aliphatic carbocycles.